The summed E-state index contributed by atoms with van der Waals surface area (Å²) in [7, 11) is 0. The molecule has 24 heavy (non-hydrogen) atoms. The lowest BCUT2D eigenvalue weighted by molar-refractivity contribution is -0.140. The van der Waals surface area contributed by atoms with Gasteiger partial charge in [0.05, 0.1) is 17.5 Å². The number of benzene rings is 1. The van der Waals surface area contributed by atoms with Crippen LogP contribution in [0.3, 0.4) is 0 Å². The average molecular weight is 348 g/mol. The van der Waals surface area contributed by atoms with Gasteiger partial charge in [-0.1, -0.05) is 25.4 Å². The number of carbonyl (C=O) groups is 2. The molecule has 1 aliphatic carbocycles. The van der Waals surface area contributed by atoms with Crippen molar-refractivity contribution in [1.29, 1.82) is 0 Å². The first kappa shape index (κ1) is 16.5. The molecule has 0 radical (unpaired) electrons. The molecule has 1 aliphatic rings. The average Bonchev–Trinajstić information content (AvgIpc) is 2.91. The molecule has 1 heterocycles. The Bertz CT molecular complexity index is 811. The standard InChI is InChI=1S/C17H18ClN3O3/c1-9-8-21(11-6-4-10(18)5-7-11)20-14(9)19-15(22)12-13(16(23)24)17(12,2)3/h4-8,12-13H,1-3H3,(H,23,24)(H,19,20,22)/t12-,13+/m0/s1. The third-order valence-electron chi connectivity index (χ3n) is 4.61. The SMILES string of the molecule is Cc1cn(-c2ccc(Cl)cc2)nc1NC(=O)[C@@H]1[C@H](C(=O)O)C1(C)C. The summed E-state index contributed by atoms with van der Waals surface area (Å²) in [6.45, 7) is 5.41. The highest BCUT2D eigenvalue weighted by molar-refractivity contribution is 6.30. The highest BCUT2D eigenvalue weighted by Gasteiger charge is 2.66. The summed E-state index contributed by atoms with van der Waals surface area (Å²) in [6.07, 6.45) is 1.80. The van der Waals surface area contributed by atoms with Crippen molar-refractivity contribution >= 4 is 29.3 Å². The highest BCUT2D eigenvalue weighted by Crippen LogP contribution is 2.58. The lowest BCUT2D eigenvalue weighted by Crippen LogP contribution is -2.18. The van der Waals surface area contributed by atoms with E-state index < -0.39 is 23.2 Å². The Morgan fingerprint density at radius 2 is 1.88 bits per heavy atom. The van der Waals surface area contributed by atoms with Gasteiger partial charge in [0, 0.05) is 16.8 Å². The van der Waals surface area contributed by atoms with Gasteiger partial charge >= 0.3 is 5.97 Å². The lowest BCUT2D eigenvalue weighted by atomic mass is 10.1. The molecule has 1 aromatic carbocycles. The molecule has 1 aromatic heterocycles. The number of nitrogens with zero attached hydrogens (tertiary/aromatic N) is 2. The van der Waals surface area contributed by atoms with Crippen LogP contribution in [0.25, 0.3) is 5.69 Å². The molecular weight excluding hydrogens is 330 g/mol. The van der Waals surface area contributed by atoms with E-state index in [2.05, 4.69) is 10.4 Å². The molecule has 3 rings (SSSR count). The maximum atomic E-state index is 12.4. The maximum absolute atomic E-state index is 12.4. The van der Waals surface area contributed by atoms with E-state index in [0.29, 0.717) is 10.8 Å². The fourth-order valence-electron chi connectivity index (χ4n) is 3.09. The predicted molar refractivity (Wildman–Crippen MR) is 90.3 cm³/mol. The summed E-state index contributed by atoms with van der Waals surface area (Å²) in [5.41, 5.74) is 1.07. The van der Waals surface area contributed by atoms with Crippen molar-refractivity contribution < 1.29 is 14.7 Å². The molecule has 1 fully saturated rings. The largest absolute Gasteiger partial charge is 0.481 e. The van der Waals surface area contributed by atoms with Gasteiger partial charge in [0.2, 0.25) is 5.91 Å². The predicted octanol–water partition coefficient (Wildman–Crippen LogP) is 3.13. The number of rotatable bonds is 4. The molecule has 1 amide bonds. The van der Waals surface area contributed by atoms with E-state index in [4.69, 9.17) is 11.6 Å². The van der Waals surface area contributed by atoms with Crippen LogP contribution in [-0.4, -0.2) is 26.8 Å². The number of amides is 1. The fraction of sp³-hybridized carbons (Fsp3) is 0.353. The summed E-state index contributed by atoms with van der Waals surface area (Å²) in [5, 5.41) is 17.0. The molecule has 2 N–H and O–H groups in total. The number of halogens is 1. The molecule has 2 aromatic rings. The molecule has 126 valence electrons. The van der Waals surface area contributed by atoms with E-state index in [9.17, 15) is 14.7 Å². The molecule has 2 atom stereocenters. The fourth-order valence-corrected chi connectivity index (χ4v) is 3.22. The number of anilines is 1. The first-order chi connectivity index (χ1) is 11.2. The molecule has 0 unspecified atom stereocenters. The summed E-state index contributed by atoms with van der Waals surface area (Å²) in [5.74, 6) is -2.02. The van der Waals surface area contributed by atoms with E-state index in [-0.39, 0.29) is 5.91 Å². The zero-order valence-corrected chi connectivity index (χ0v) is 14.3. The van der Waals surface area contributed by atoms with Gasteiger partial charge in [-0.3, -0.25) is 9.59 Å². The number of hydrogen-bond acceptors (Lipinski definition) is 3. The molecule has 0 aliphatic heterocycles. The number of nitrogens with one attached hydrogen (secondary N) is 1. The normalized spacial score (nSPS) is 21.3. The van der Waals surface area contributed by atoms with Gasteiger partial charge in [-0.2, -0.15) is 0 Å². The topological polar surface area (TPSA) is 84.2 Å². The molecule has 6 nitrogen and oxygen atoms in total. The Labute approximate surface area is 144 Å². The second-order valence-electron chi connectivity index (χ2n) is 6.69. The minimum atomic E-state index is -0.941. The number of carboxylic acids is 1. The van der Waals surface area contributed by atoms with Crippen LogP contribution in [0.5, 0.6) is 0 Å². The number of carboxylic acid groups (broad SMARTS) is 1. The molecule has 7 heteroatoms. The van der Waals surface area contributed by atoms with Crippen LogP contribution in [0.2, 0.25) is 5.02 Å². The third kappa shape index (κ3) is 2.78. The van der Waals surface area contributed by atoms with Gasteiger partial charge in [-0.05, 0) is 36.6 Å². The van der Waals surface area contributed by atoms with Crippen molar-refractivity contribution in [3.8, 4) is 5.69 Å². The Balaban J connectivity index is 1.78. The lowest BCUT2D eigenvalue weighted by Gasteiger charge is -2.04. The zero-order chi connectivity index (χ0) is 17.6. The van der Waals surface area contributed by atoms with E-state index in [1.54, 1.807) is 36.9 Å². The van der Waals surface area contributed by atoms with E-state index in [0.717, 1.165) is 11.3 Å². The minimum absolute atomic E-state index is 0.308. The van der Waals surface area contributed by atoms with Crippen LogP contribution < -0.4 is 5.32 Å². The quantitative estimate of drug-likeness (QED) is 0.889. The smallest absolute Gasteiger partial charge is 0.307 e. The molecule has 0 spiro atoms. The van der Waals surface area contributed by atoms with Gasteiger partial charge in [0.25, 0.3) is 0 Å². The minimum Gasteiger partial charge on any atom is -0.481 e. The van der Waals surface area contributed by atoms with Crippen LogP contribution in [0, 0.1) is 24.2 Å². The molecular formula is C17H18ClN3O3. The van der Waals surface area contributed by atoms with Gasteiger partial charge < -0.3 is 10.4 Å². The van der Waals surface area contributed by atoms with Crippen molar-refractivity contribution in [1.82, 2.24) is 9.78 Å². The van der Waals surface area contributed by atoms with Gasteiger partial charge in [0.1, 0.15) is 0 Å². The van der Waals surface area contributed by atoms with Crippen molar-refractivity contribution in [3.63, 3.8) is 0 Å². The first-order valence-electron chi connectivity index (χ1n) is 7.57. The Kier molecular flexibility index (Phi) is 3.87. The number of aliphatic carboxylic acids is 1. The Morgan fingerprint density at radius 1 is 1.25 bits per heavy atom. The number of hydrogen-bond donors (Lipinski definition) is 2. The Morgan fingerprint density at radius 3 is 2.42 bits per heavy atom. The van der Waals surface area contributed by atoms with Crippen molar-refractivity contribution in [2.75, 3.05) is 5.32 Å². The van der Waals surface area contributed by atoms with Crippen LogP contribution >= 0.6 is 11.6 Å². The maximum Gasteiger partial charge on any atom is 0.307 e. The number of carbonyl (C=O) groups excluding carboxylic acids is 1. The zero-order valence-electron chi connectivity index (χ0n) is 13.6. The second kappa shape index (κ2) is 5.63. The van der Waals surface area contributed by atoms with Gasteiger partial charge in [-0.25, -0.2) is 4.68 Å². The van der Waals surface area contributed by atoms with E-state index in [1.165, 1.54) is 0 Å². The number of aryl methyl sites for hydroxylation is 1. The van der Waals surface area contributed by atoms with Crippen LogP contribution in [0.15, 0.2) is 30.5 Å². The van der Waals surface area contributed by atoms with Crippen LogP contribution in [-0.2, 0) is 9.59 Å². The first-order valence-corrected chi connectivity index (χ1v) is 7.95. The van der Waals surface area contributed by atoms with Crippen molar-refractivity contribution in [2.24, 2.45) is 17.3 Å². The molecule has 1 saturated carbocycles. The summed E-state index contributed by atoms with van der Waals surface area (Å²) >= 11 is 5.88. The van der Waals surface area contributed by atoms with Crippen LogP contribution in [0.1, 0.15) is 19.4 Å². The van der Waals surface area contributed by atoms with Crippen molar-refractivity contribution in [3.05, 3.63) is 41.0 Å². The monoisotopic (exact) mass is 347 g/mol. The highest BCUT2D eigenvalue weighted by atomic mass is 35.5. The summed E-state index contributed by atoms with van der Waals surface area (Å²) < 4.78 is 1.65. The van der Waals surface area contributed by atoms with Crippen molar-refractivity contribution in [2.45, 2.75) is 20.8 Å². The van der Waals surface area contributed by atoms with E-state index in [1.807, 2.05) is 19.1 Å². The number of aromatic nitrogens is 2. The van der Waals surface area contributed by atoms with Gasteiger partial charge in [0.15, 0.2) is 5.82 Å². The summed E-state index contributed by atoms with van der Waals surface area (Å²) in [6, 6.07) is 7.17. The summed E-state index contributed by atoms with van der Waals surface area (Å²) in [4.78, 5) is 23.6. The molecule has 0 saturated heterocycles. The van der Waals surface area contributed by atoms with Crippen LogP contribution in [0.4, 0.5) is 5.82 Å². The second-order valence-corrected chi connectivity index (χ2v) is 7.12. The molecule has 0 bridgehead atoms. The van der Waals surface area contributed by atoms with Gasteiger partial charge in [-0.15, -0.1) is 5.10 Å². The Hall–Kier alpha value is -2.34. The van der Waals surface area contributed by atoms with E-state index >= 15 is 0 Å². The third-order valence-corrected chi connectivity index (χ3v) is 4.86.